The molecule has 1 fully saturated rings. The number of alkyl halides is 1. The van der Waals surface area contributed by atoms with E-state index in [1.807, 2.05) is 0 Å². The molecule has 3 nitrogen and oxygen atoms in total. The maximum atomic E-state index is 11.8. The first-order valence-electron chi connectivity index (χ1n) is 5.71. The molecule has 0 saturated heterocycles. The van der Waals surface area contributed by atoms with Crippen LogP contribution in [0.1, 0.15) is 36.2 Å². The van der Waals surface area contributed by atoms with Crippen LogP contribution >= 0.6 is 11.6 Å². The SMILES string of the molecule is O=C(NC1CCCCC1CCl)c1ccco1. The van der Waals surface area contributed by atoms with Crippen molar-refractivity contribution >= 4 is 17.5 Å². The molecule has 2 unspecified atom stereocenters. The highest BCUT2D eigenvalue weighted by Crippen LogP contribution is 2.25. The number of carbonyl (C=O) groups excluding carboxylic acids is 1. The van der Waals surface area contributed by atoms with E-state index >= 15 is 0 Å². The van der Waals surface area contributed by atoms with Gasteiger partial charge in [-0.2, -0.15) is 0 Å². The van der Waals surface area contributed by atoms with Gasteiger partial charge in [-0.25, -0.2) is 0 Å². The number of hydrogen-bond acceptors (Lipinski definition) is 2. The first-order valence-corrected chi connectivity index (χ1v) is 6.25. The standard InChI is InChI=1S/C12H16ClNO2/c13-8-9-4-1-2-5-10(9)14-12(15)11-6-3-7-16-11/h3,6-7,9-10H,1-2,4-5,8H2,(H,14,15). The summed E-state index contributed by atoms with van der Waals surface area (Å²) in [4.78, 5) is 11.8. The zero-order chi connectivity index (χ0) is 11.4. The molecule has 2 atom stereocenters. The van der Waals surface area contributed by atoms with Crippen LogP contribution in [0.3, 0.4) is 0 Å². The zero-order valence-corrected chi connectivity index (χ0v) is 9.87. The zero-order valence-electron chi connectivity index (χ0n) is 9.12. The fourth-order valence-corrected chi connectivity index (χ4v) is 2.60. The number of carbonyl (C=O) groups is 1. The Morgan fingerprint density at radius 1 is 1.50 bits per heavy atom. The van der Waals surface area contributed by atoms with Crippen LogP contribution < -0.4 is 5.32 Å². The topological polar surface area (TPSA) is 42.2 Å². The van der Waals surface area contributed by atoms with Gasteiger partial charge in [0.2, 0.25) is 0 Å². The van der Waals surface area contributed by atoms with Crippen molar-refractivity contribution in [1.82, 2.24) is 5.32 Å². The first kappa shape index (κ1) is 11.5. The highest BCUT2D eigenvalue weighted by atomic mass is 35.5. The van der Waals surface area contributed by atoms with Crippen molar-refractivity contribution in [2.75, 3.05) is 5.88 Å². The van der Waals surface area contributed by atoms with E-state index in [0.717, 1.165) is 19.3 Å². The van der Waals surface area contributed by atoms with Crippen LogP contribution in [0.2, 0.25) is 0 Å². The average Bonchev–Trinajstić information content (AvgIpc) is 2.83. The maximum absolute atomic E-state index is 11.8. The van der Waals surface area contributed by atoms with Crippen molar-refractivity contribution in [3.05, 3.63) is 24.2 Å². The molecular weight excluding hydrogens is 226 g/mol. The fourth-order valence-electron chi connectivity index (χ4n) is 2.23. The van der Waals surface area contributed by atoms with Gasteiger partial charge in [0, 0.05) is 11.9 Å². The van der Waals surface area contributed by atoms with Crippen LogP contribution in [-0.2, 0) is 0 Å². The van der Waals surface area contributed by atoms with Crippen molar-refractivity contribution < 1.29 is 9.21 Å². The third kappa shape index (κ3) is 2.59. The van der Waals surface area contributed by atoms with Crippen molar-refractivity contribution in [3.8, 4) is 0 Å². The second kappa shape index (κ2) is 5.39. The second-order valence-corrected chi connectivity index (χ2v) is 4.56. The Morgan fingerprint density at radius 3 is 3.00 bits per heavy atom. The Bertz CT molecular complexity index is 337. The molecule has 0 bridgehead atoms. The van der Waals surface area contributed by atoms with E-state index in [0.29, 0.717) is 17.6 Å². The molecule has 0 aromatic carbocycles. The van der Waals surface area contributed by atoms with E-state index in [2.05, 4.69) is 5.32 Å². The summed E-state index contributed by atoms with van der Waals surface area (Å²) in [5, 5.41) is 3.01. The van der Waals surface area contributed by atoms with Crippen LogP contribution in [-0.4, -0.2) is 17.8 Å². The predicted octanol–water partition coefficient (Wildman–Crippen LogP) is 2.81. The summed E-state index contributed by atoms with van der Waals surface area (Å²) in [6.45, 7) is 0. The van der Waals surface area contributed by atoms with Crippen LogP contribution in [0.15, 0.2) is 22.8 Å². The minimum atomic E-state index is -0.132. The highest BCUT2D eigenvalue weighted by molar-refractivity contribution is 6.18. The number of amides is 1. The number of halogens is 1. The van der Waals surface area contributed by atoms with Gasteiger partial charge in [0.05, 0.1) is 6.26 Å². The van der Waals surface area contributed by atoms with Crippen LogP contribution in [0.4, 0.5) is 0 Å². The molecule has 1 heterocycles. The lowest BCUT2D eigenvalue weighted by Gasteiger charge is -2.30. The molecule has 1 aromatic heterocycles. The summed E-state index contributed by atoms with van der Waals surface area (Å²) in [5.74, 6) is 1.25. The van der Waals surface area contributed by atoms with Gasteiger partial charge in [0.15, 0.2) is 5.76 Å². The van der Waals surface area contributed by atoms with Crippen LogP contribution in [0.25, 0.3) is 0 Å². The Balaban J connectivity index is 1.95. The summed E-state index contributed by atoms with van der Waals surface area (Å²) in [5.41, 5.74) is 0. The minimum Gasteiger partial charge on any atom is -0.459 e. The molecule has 0 aliphatic heterocycles. The monoisotopic (exact) mass is 241 g/mol. The van der Waals surface area contributed by atoms with Crippen LogP contribution in [0.5, 0.6) is 0 Å². The summed E-state index contributed by atoms with van der Waals surface area (Å²) in [6.07, 6.45) is 6.01. The quantitative estimate of drug-likeness (QED) is 0.827. The summed E-state index contributed by atoms with van der Waals surface area (Å²) >= 11 is 5.91. The molecule has 1 saturated carbocycles. The van der Waals surface area contributed by atoms with Crippen molar-refractivity contribution in [1.29, 1.82) is 0 Å². The fraction of sp³-hybridized carbons (Fsp3) is 0.583. The Hall–Kier alpha value is -0.960. The molecule has 0 spiro atoms. The Morgan fingerprint density at radius 2 is 2.31 bits per heavy atom. The van der Waals surface area contributed by atoms with Gasteiger partial charge in [0.25, 0.3) is 5.91 Å². The molecule has 1 N–H and O–H groups in total. The van der Waals surface area contributed by atoms with Gasteiger partial charge in [-0.15, -0.1) is 11.6 Å². The van der Waals surface area contributed by atoms with Gasteiger partial charge in [0.1, 0.15) is 0 Å². The lowest BCUT2D eigenvalue weighted by Crippen LogP contribution is -2.42. The molecule has 1 aliphatic rings. The normalized spacial score (nSPS) is 25.3. The van der Waals surface area contributed by atoms with Crippen molar-refractivity contribution in [2.45, 2.75) is 31.7 Å². The molecule has 88 valence electrons. The molecule has 0 radical (unpaired) electrons. The maximum Gasteiger partial charge on any atom is 0.287 e. The Kier molecular flexibility index (Phi) is 3.88. The van der Waals surface area contributed by atoms with E-state index in [4.69, 9.17) is 16.0 Å². The molecular formula is C12H16ClNO2. The smallest absolute Gasteiger partial charge is 0.287 e. The van der Waals surface area contributed by atoms with Crippen molar-refractivity contribution in [3.63, 3.8) is 0 Å². The van der Waals surface area contributed by atoms with Gasteiger partial charge < -0.3 is 9.73 Å². The third-order valence-corrected chi connectivity index (χ3v) is 3.57. The lowest BCUT2D eigenvalue weighted by molar-refractivity contribution is 0.0883. The first-order chi connectivity index (χ1) is 7.81. The lowest BCUT2D eigenvalue weighted by atomic mass is 9.86. The van der Waals surface area contributed by atoms with Crippen molar-refractivity contribution in [2.24, 2.45) is 5.92 Å². The van der Waals surface area contributed by atoms with E-state index in [9.17, 15) is 4.79 Å². The number of nitrogens with one attached hydrogen (secondary N) is 1. The van der Waals surface area contributed by atoms with Gasteiger partial charge in [-0.1, -0.05) is 12.8 Å². The second-order valence-electron chi connectivity index (χ2n) is 4.26. The van der Waals surface area contributed by atoms with Crippen LogP contribution in [0, 0.1) is 5.92 Å². The molecule has 1 aliphatic carbocycles. The number of hydrogen-bond donors (Lipinski definition) is 1. The average molecular weight is 242 g/mol. The highest BCUT2D eigenvalue weighted by Gasteiger charge is 2.26. The molecule has 2 rings (SSSR count). The predicted molar refractivity (Wildman–Crippen MR) is 62.6 cm³/mol. The summed E-state index contributed by atoms with van der Waals surface area (Å²) < 4.78 is 5.06. The van der Waals surface area contributed by atoms with E-state index in [-0.39, 0.29) is 11.9 Å². The molecule has 1 amide bonds. The minimum absolute atomic E-state index is 0.132. The number of furan rings is 1. The largest absolute Gasteiger partial charge is 0.459 e. The van der Waals surface area contributed by atoms with Gasteiger partial charge in [-0.05, 0) is 30.9 Å². The van der Waals surface area contributed by atoms with Gasteiger partial charge >= 0.3 is 0 Å². The van der Waals surface area contributed by atoms with E-state index in [1.54, 1.807) is 12.1 Å². The van der Waals surface area contributed by atoms with E-state index in [1.165, 1.54) is 12.7 Å². The molecule has 4 heteroatoms. The molecule has 1 aromatic rings. The summed E-state index contributed by atoms with van der Waals surface area (Å²) in [7, 11) is 0. The summed E-state index contributed by atoms with van der Waals surface area (Å²) in [6, 6.07) is 3.59. The number of rotatable bonds is 3. The Labute approximate surface area is 100 Å². The molecule has 16 heavy (non-hydrogen) atoms. The third-order valence-electron chi connectivity index (χ3n) is 3.17. The van der Waals surface area contributed by atoms with Gasteiger partial charge in [-0.3, -0.25) is 4.79 Å². The van der Waals surface area contributed by atoms with E-state index < -0.39 is 0 Å².